The van der Waals surface area contributed by atoms with Crippen LogP contribution in [0.2, 0.25) is 0 Å². The Morgan fingerprint density at radius 1 is 1.20 bits per heavy atom. The molecule has 1 aromatic carbocycles. The second kappa shape index (κ2) is 6.01. The van der Waals surface area contributed by atoms with Gasteiger partial charge in [-0.3, -0.25) is 0 Å². The van der Waals surface area contributed by atoms with E-state index in [1.54, 1.807) is 0 Å². The van der Waals surface area contributed by atoms with Crippen LogP contribution in [0.3, 0.4) is 0 Å². The second-order valence-corrected chi connectivity index (χ2v) is 5.24. The number of rotatable bonds is 5. The van der Waals surface area contributed by atoms with E-state index in [1.807, 2.05) is 69.2 Å². The minimum Gasteiger partial charge on any atom is -0.481 e. The molecule has 4 nitrogen and oxygen atoms in total. The molecule has 0 saturated heterocycles. The molecule has 2 rings (SSSR count). The van der Waals surface area contributed by atoms with Crippen LogP contribution in [-0.4, -0.2) is 20.1 Å². The first-order valence-electron chi connectivity index (χ1n) is 6.73. The van der Waals surface area contributed by atoms with E-state index in [0.717, 1.165) is 23.0 Å². The number of ether oxygens (including phenoxy) is 1. The first kappa shape index (κ1) is 14.5. The van der Waals surface area contributed by atoms with Crippen molar-refractivity contribution >= 4 is 5.69 Å². The van der Waals surface area contributed by atoms with E-state index in [9.17, 15) is 0 Å². The summed E-state index contributed by atoms with van der Waals surface area (Å²) >= 11 is 0. The molecular weight excluding hydrogens is 252 g/mol. The SMILES string of the molecule is Cc1ccc(C(Oc2cccc(N(C)C)c2)C(C)N)o1. The predicted octanol–water partition coefficient (Wildman–Crippen LogP) is 3.12. The predicted molar refractivity (Wildman–Crippen MR) is 81.2 cm³/mol. The van der Waals surface area contributed by atoms with Crippen molar-refractivity contribution in [3.8, 4) is 5.75 Å². The van der Waals surface area contributed by atoms with E-state index < -0.39 is 0 Å². The van der Waals surface area contributed by atoms with E-state index >= 15 is 0 Å². The molecule has 0 aliphatic heterocycles. The summed E-state index contributed by atoms with van der Waals surface area (Å²) in [6, 6.07) is 11.6. The fourth-order valence-corrected chi connectivity index (χ4v) is 2.01. The van der Waals surface area contributed by atoms with Crippen LogP contribution in [0, 0.1) is 6.92 Å². The van der Waals surface area contributed by atoms with Gasteiger partial charge in [-0.2, -0.15) is 0 Å². The fourth-order valence-electron chi connectivity index (χ4n) is 2.01. The molecule has 20 heavy (non-hydrogen) atoms. The average Bonchev–Trinajstić information content (AvgIpc) is 2.82. The molecule has 0 aliphatic carbocycles. The van der Waals surface area contributed by atoms with Gasteiger partial charge in [-0.1, -0.05) is 6.07 Å². The van der Waals surface area contributed by atoms with Crippen molar-refractivity contribution in [1.29, 1.82) is 0 Å². The molecule has 0 fully saturated rings. The normalized spacial score (nSPS) is 13.8. The van der Waals surface area contributed by atoms with Crippen LogP contribution in [0.25, 0.3) is 0 Å². The van der Waals surface area contributed by atoms with Crippen molar-refractivity contribution in [3.05, 3.63) is 47.9 Å². The van der Waals surface area contributed by atoms with Gasteiger partial charge in [0.25, 0.3) is 0 Å². The number of hydrogen-bond donors (Lipinski definition) is 1. The van der Waals surface area contributed by atoms with Crippen LogP contribution in [0.5, 0.6) is 5.75 Å². The van der Waals surface area contributed by atoms with Crippen LogP contribution >= 0.6 is 0 Å². The van der Waals surface area contributed by atoms with E-state index in [4.69, 9.17) is 14.9 Å². The van der Waals surface area contributed by atoms with Gasteiger partial charge in [0.1, 0.15) is 17.3 Å². The van der Waals surface area contributed by atoms with Crippen molar-refractivity contribution < 1.29 is 9.15 Å². The van der Waals surface area contributed by atoms with Gasteiger partial charge < -0.3 is 19.8 Å². The van der Waals surface area contributed by atoms with Crippen molar-refractivity contribution in [2.75, 3.05) is 19.0 Å². The minimum atomic E-state index is -0.291. The number of anilines is 1. The summed E-state index contributed by atoms with van der Waals surface area (Å²) in [4.78, 5) is 2.03. The van der Waals surface area contributed by atoms with Crippen molar-refractivity contribution in [2.24, 2.45) is 5.73 Å². The van der Waals surface area contributed by atoms with Gasteiger partial charge in [0.05, 0.1) is 0 Å². The first-order valence-corrected chi connectivity index (χ1v) is 6.73. The highest BCUT2D eigenvalue weighted by Gasteiger charge is 2.21. The Bertz CT molecular complexity index is 561. The number of nitrogens with zero attached hydrogens (tertiary/aromatic N) is 1. The maximum absolute atomic E-state index is 6.03. The minimum absolute atomic E-state index is 0.163. The lowest BCUT2D eigenvalue weighted by molar-refractivity contribution is 0.152. The van der Waals surface area contributed by atoms with Crippen molar-refractivity contribution in [3.63, 3.8) is 0 Å². The molecular formula is C16H22N2O2. The van der Waals surface area contributed by atoms with E-state index in [2.05, 4.69) is 0 Å². The Kier molecular flexibility index (Phi) is 4.35. The van der Waals surface area contributed by atoms with Gasteiger partial charge in [0.15, 0.2) is 6.10 Å². The van der Waals surface area contributed by atoms with Crippen LogP contribution in [0.15, 0.2) is 40.8 Å². The van der Waals surface area contributed by atoms with E-state index in [1.165, 1.54) is 0 Å². The molecule has 0 aliphatic rings. The van der Waals surface area contributed by atoms with Crippen LogP contribution in [0.4, 0.5) is 5.69 Å². The Labute approximate surface area is 120 Å². The van der Waals surface area contributed by atoms with Gasteiger partial charge >= 0.3 is 0 Å². The summed E-state index contributed by atoms with van der Waals surface area (Å²) in [5.41, 5.74) is 7.11. The number of hydrogen-bond acceptors (Lipinski definition) is 4. The zero-order valence-electron chi connectivity index (χ0n) is 12.5. The topological polar surface area (TPSA) is 51.6 Å². The highest BCUT2D eigenvalue weighted by Crippen LogP contribution is 2.28. The molecule has 0 bridgehead atoms. The lowest BCUT2D eigenvalue weighted by Crippen LogP contribution is -2.28. The molecule has 108 valence electrons. The standard InChI is InChI=1S/C16H22N2O2/c1-11-8-9-15(19-11)16(12(2)17)20-14-7-5-6-13(10-14)18(3)4/h5-10,12,16H,17H2,1-4H3. The zero-order chi connectivity index (χ0) is 14.7. The molecule has 2 N–H and O–H groups in total. The highest BCUT2D eigenvalue weighted by atomic mass is 16.5. The third kappa shape index (κ3) is 3.33. The van der Waals surface area contributed by atoms with Gasteiger partial charge in [0.2, 0.25) is 0 Å². The third-order valence-corrected chi connectivity index (χ3v) is 3.12. The average molecular weight is 274 g/mol. The van der Waals surface area contributed by atoms with Gasteiger partial charge in [-0.15, -0.1) is 0 Å². The van der Waals surface area contributed by atoms with Crippen LogP contribution in [0.1, 0.15) is 24.5 Å². The smallest absolute Gasteiger partial charge is 0.171 e. The quantitative estimate of drug-likeness (QED) is 0.910. The van der Waals surface area contributed by atoms with Gasteiger partial charge in [0, 0.05) is 31.9 Å². The number of aryl methyl sites for hydroxylation is 1. The van der Waals surface area contributed by atoms with Gasteiger partial charge in [-0.25, -0.2) is 0 Å². The zero-order valence-corrected chi connectivity index (χ0v) is 12.5. The molecule has 2 atom stereocenters. The van der Waals surface area contributed by atoms with E-state index in [-0.39, 0.29) is 12.1 Å². The molecule has 0 saturated carbocycles. The Hall–Kier alpha value is -1.94. The van der Waals surface area contributed by atoms with Crippen molar-refractivity contribution in [1.82, 2.24) is 0 Å². The fraction of sp³-hybridized carbons (Fsp3) is 0.375. The molecule has 1 heterocycles. The van der Waals surface area contributed by atoms with Crippen LogP contribution in [-0.2, 0) is 0 Å². The second-order valence-electron chi connectivity index (χ2n) is 5.24. The number of furan rings is 1. The first-order chi connectivity index (χ1) is 9.47. The third-order valence-electron chi connectivity index (χ3n) is 3.12. The monoisotopic (exact) mass is 274 g/mol. The van der Waals surface area contributed by atoms with Gasteiger partial charge in [-0.05, 0) is 38.1 Å². The summed E-state index contributed by atoms with van der Waals surface area (Å²) in [7, 11) is 4.00. The Morgan fingerprint density at radius 2 is 1.95 bits per heavy atom. The highest BCUT2D eigenvalue weighted by molar-refractivity contribution is 5.49. The molecule has 0 radical (unpaired) electrons. The summed E-state index contributed by atoms with van der Waals surface area (Å²) in [5.74, 6) is 2.40. The summed E-state index contributed by atoms with van der Waals surface area (Å²) in [5, 5.41) is 0. The molecule has 1 aromatic heterocycles. The summed E-state index contributed by atoms with van der Waals surface area (Å²) in [6.07, 6.45) is -0.291. The lowest BCUT2D eigenvalue weighted by Gasteiger charge is -2.21. The van der Waals surface area contributed by atoms with Crippen molar-refractivity contribution in [2.45, 2.75) is 26.0 Å². The molecule has 0 spiro atoms. The Morgan fingerprint density at radius 3 is 2.50 bits per heavy atom. The molecule has 4 heteroatoms. The van der Waals surface area contributed by atoms with E-state index in [0.29, 0.717) is 0 Å². The number of nitrogens with two attached hydrogens (primary N) is 1. The maximum Gasteiger partial charge on any atom is 0.171 e. The largest absolute Gasteiger partial charge is 0.481 e. The summed E-state index contributed by atoms with van der Waals surface area (Å²) in [6.45, 7) is 3.83. The lowest BCUT2D eigenvalue weighted by atomic mass is 10.1. The Balaban J connectivity index is 2.22. The van der Waals surface area contributed by atoms with Crippen LogP contribution < -0.4 is 15.4 Å². The molecule has 0 amide bonds. The molecule has 2 unspecified atom stereocenters. The molecule has 2 aromatic rings. The maximum atomic E-state index is 6.03. The summed E-state index contributed by atoms with van der Waals surface area (Å²) < 4.78 is 11.7. The number of benzene rings is 1.